The Morgan fingerprint density at radius 1 is 1.30 bits per heavy atom. The second kappa shape index (κ2) is 5.04. The van der Waals surface area contributed by atoms with E-state index in [1.54, 1.807) is 12.1 Å². The van der Waals surface area contributed by atoms with Gasteiger partial charge in [0, 0.05) is 18.8 Å². The molecular formula is C13H12F3N3O. The van der Waals surface area contributed by atoms with Crippen LogP contribution in [-0.2, 0) is 4.79 Å². The summed E-state index contributed by atoms with van der Waals surface area (Å²) in [4.78, 5) is 12.7. The van der Waals surface area contributed by atoms with Gasteiger partial charge in [-0.15, -0.1) is 0 Å². The van der Waals surface area contributed by atoms with Crippen molar-refractivity contribution in [3.05, 3.63) is 29.8 Å². The third-order valence-corrected chi connectivity index (χ3v) is 3.47. The van der Waals surface area contributed by atoms with Gasteiger partial charge in [0.2, 0.25) is 5.91 Å². The molecule has 2 rings (SSSR count). The van der Waals surface area contributed by atoms with E-state index in [1.165, 1.54) is 17.0 Å². The normalized spacial score (nSPS) is 22.6. The van der Waals surface area contributed by atoms with Gasteiger partial charge in [0.05, 0.1) is 23.5 Å². The number of anilines is 1. The van der Waals surface area contributed by atoms with Crippen molar-refractivity contribution in [2.24, 2.45) is 17.6 Å². The zero-order chi connectivity index (χ0) is 14.9. The Hall–Kier alpha value is -2.23. The van der Waals surface area contributed by atoms with Gasteiger partial charge in [-0.2, -0.15) is 18.4 Å². The van der Waals surface area contributed by atoms with Crippen LogP contribution >= 0.6 is 0 Å². The van der Waals surface area contributed by atoms with Gasteiger partial charge >= 0.3 is 6.18 Å². The lowest BCUT2D eigenvalue weighted by molar-refractivity contribution is -0.181. The number of nitrogens with two attached hydrogens (primary N) is 1. The average Bonchev–Trinajstić information content (AvgIpc) is 2.84. The highest BCUT2D eigenvalue weighted by atomic mass is 19.4. The van der Waals surface area contributed by atoms with Gasteiger partial charge in [-0.1, -0.05) is 0 Å². The summed E-state index contributed by atoms with van der Waals surface area (Å²) in [7, 11) is 0. The van der Waals surface area contributed by atoms with Crippen LogP contribution in [0, 0.1) is 23.2 Å². The Morgan fingerprint density at radius 3 is 2.30 bits per heavy atom. The molecule has 0 aliphatic carbocycles. The highest BCUT2D eigenvalue weighted by molar-refractivity contribution is 5.79. The molecule has 0 aromatic heterocycles. The summed E-state index contributed by atoms with van der Waals surface area (Å²) in [5, 5.41) is 8.68. The summed E-state index contributed by atoms with van der Waals surface area (Å²) in [6.07, 6.45) is -4.46. The number of rotatable bonds is 2. The molecule has 1 saturated heterocycles. The zero-order valence-electron chi connectivity index (χ0n) is 10.4. The van der Waals surface area contributed by atoms with E-state index in [2.05, 4.69) is 0 Å². The molecule has 0 bridgehead atoms. The first kappa shape index (κ1) is 14.2. The molecule has 1 aliphatic rings. The maximum Gasteiger partial charge on any atom is 0.394 e. The highest BCUT2D eigenvalue weighted by Crippen LogP contribution is 2.39. The number of benzene rings is 1. The van der Waals surface area contributed by atoms with Gasteiger partial charge < -0.3 is 10.6 Å². The van der Waals surface area contributed by atoms with Crippen LogP contribution in [0.5, 0.6) is 0 Å². The molecule has 2 N–H and O–H groups in total. The molecule has 1 aromatic rings. The van der Waals surface area contributed by atoms with Gasteiger partial charge in [0.15, 0.2) is 0 Å². The van der Waals surface area contributed by atoms with E-state index in [0.717, 1.165) is 0 Å². The zero-order valence-corrected chi connectivity index (χ0v) is 10.4. The van der Waals surface area contributed by atoms with Crippen molar-refractivity contribution < 1.29 is 18.0 Å². The Kier molecular flexibility index (Phi) is 3.57. The maximum atomic E-state index is 12.9. The van der Waals surface area contributed by atoms with Gasteiger partial charge in [0.25, 0.3) is 0 Å². The number of amides is 1. The Morgan fingerprint density at radius 2 is 1.90 bits per heavy atom. The number of carbonyl (C=O) groups is 1. The van der Waals surface area contributed by atoms with Crippen LogP contribution in [0.3, 0.4) is 0 Å². The molecule has 1 fully saturated rings. The summed E-state index contributed by atoms with van der Waals surface area (Å²) in [6.45, 7) is -0.367. The van der Waals surface area contributed by atoms with Gasteiger partial charge in [0.1, 0.15) is 0 Å². The fourth-order valence-corrected chi connectivity index (χ4v) is 2.38. The van der Waals surface area contributed by atoms with E-state index in [-0.39, 0.29) is 13.1 Å². The smallest absolute Gasteiger partial charge is 0.370 e. The number of halogens is 3. The quantitative estimate of drug-likeness (QED) is 0.897. The summed E-state index contributed by atoms with van der Waals surface area (Å²) in [6, 6.07) is 8.11. The monoisotopic (exact) mass is 283 g/mol. The van der Waals surface area contributed by atoms with E-state index < -0.39 is 23.9 Å². The second-order valence-electron chi connectivity index (χ2n) is 4.72. The molecule has 7 heteroatoms. The highest BCUT2D eigenvalue weighted by Gasteiger charge is 2.51. The van der Waals surface area contributed by atoms with E-state index in [0.29, 0.717) is 11.3 Å². The van der Waals surface area contributed by atoms with Crippen molar-refractivity contribution in [2.45, 2.75) is 6.18 Å². The minimum atomic E-state index is -4.46. The minimum Gasteiger partial charge on any atom is -0.370 e. The van der Waals surface area contributed by atoms with Crippen molar-refractivity contribution in [3.63, 3.8) is 0 Å². The topological polar surface area (TPSA) is 70.1 Å². The van der Waals surface area contributed by atoms with Crippen molar-refractivity contribution in [3.8, 4) is 6.07 Å². The number of hydrogen-bond acceptors (Lipinski definition) is 3. The molecule has 1 aromatic carbocycles. The van der Waals surface area contributed by atoms with Gasteiger partial charge in [-0.3, -0.25) is 4.79 Å². The summed E-state index contributed by atoms with van der Waals surface area (Å²) in [5.74, 6) is -3.94. The third kappa shape index (κ3) is 2.69. The van der Waals surface area contributed by atoms with E-state index >= 15 is 0 Å². The summed E-state index contributed by atoms with van der Waals surface area (Å²) in [5.41, 5.74) is 6.03. The molecular weight excluding hydrogens is 271 g/mol. The van der Waals surface area contributed by atoms with Crippen molar-refractivity contribution in [1.29, 1.82) is 5.26 Å². The first-order valence-corrected chi connectivity index (χ1v) is 5.94. The third-order valence-electron chi connectivity index (χ3n) is 3.47. The first-order valence-electron chi connectivity index (χ1n) is 5.94. The summed E-state index contributed by atoms with van der Waals surface area (Å²) >= 11 is 0. The summed E-state index contributed by atoms with van der Waals surface area (Å²) < 4.78 is 38.7. The molecule has 0 radical (unpaired) electrons. The van der Waals surface area contributed by atoms with E-state index in [4.69, 9.17) is 11.0 Å². The van der Waals surface area contributed by atoms with Crippen LogP contribution in [0.2, 0.25) is 0 Å². The number of alkyl halides is 3. The molecule has 1 heterocycles. The van der Waals surface area contributed by atoms with Crippen LogP contribution in [0.25, 0.3) is 0 Å². The molecule has 4 nitrogen and oxygen atoms in total. The van der Waals surface area contributed by atoms with Gasteiger partial charge in [-0.25, -0.2) is 0 Å². The number of nitrogens with zero attached hydrogens (tertiary/aromatic N) is 2. The Bertz CT molecular complexity index is 547. The second-order valence-corrected chi connectivity index (χ2v) is 4.72. The molecule has 1 aliphatic heterocycles. The van der Waals surface area contributed by atoms with Crippen molar-refractivity contribution in [2.75, 3.05) is 18.0 Å². The molecule has 1 amide bonds. The number of nitriles is 1. The molecule has 0 unspecified atom stereocenters. The standard InChI is InChI=1S/C13H12F3N3O/c14-13(15,16)11-7-19(6-10(11)12(18)20)9-3-1-8(5-17)2-4-9/h1-4,10-11H,6-7H2,(H2,18,20)/t10-,11-/m1/s1. The lowest BCUT2D eigenvalue weighted by Crippen LogP contribution is -2.37. The predicted octanol–water partition coefficient (Wildman–Crippen LogP) is 1.66. The largest absolute Gasteiger partial charge is 0.394 e. The number of primary amides is 1. The van der Waals surface area contributed by atoms with Gasteiger partial charge in [-0.05, 0) is 24.3 Å². The number of hydrogen-bond donors (Lipinski definition) is 1. The van der Waals surface area contributed by atoms with Crippen LogP contribution in [0.1, 0.15) is 5.56 Å². The van der Waals surface area contributed by atoms with E-state index in [9.17, 15) is 18.0 Å². The first-order chi connectivity index (χ1) is 9.32. The lowest BCUT2D eigenvalue weighted by Gasteiger charge is -2.19. The van der Waals surface area contributed by atoms with Crippen LogP contribution < -0.4 is 10.6 Å². The SMILES string of the molecule is N#Cc1ccc(N2C[C@@H](C(F)(F)F)[C@H](C(N)=O)C2)cc1. The fraction of sp³-hybridized carbons (Fsp3) is 0.385. The maximum absolute atomic E-state index is 12.9. The molecule has 0 spiro atoms. The minimum absolute atomic E-state index is 0.0641. The van der Waals surface area contributed by atoms with Crippen LogP contribution in [-0.4, -0.2) is 25.2 Å². The molecule has 2 atom stereocenters. The molecule has 20 heavy (non-hydrogen) atoms. The Balaban J connectivity index is 2.23. The van der Waals surface area contributed by atoms with Crippen molar-refractivity contribution in [1.82, 2.24) is 0 Å². The van der Waals surface area contributed by atoms with Crippen LogP contribution in [0.4, 0.5) is 18.9 Å². The fourth-order valence-electron chi connectivity index (χ4n) is 2.38. The van der Waals surface area contributed by atoms with Crippen molar-refractivity contribution >= 4 is 11.6 Å². The lowest BCUT2D eigenvalue weighted by atomic mass is 9.95. The predicted molar refractivity (Wildman–Crippen MR) is 65.6 cm³/mol. The van der Waals surface area contributed by atoms with E-state index in [1.807, 2.05) is 6.07 Å². The Labute approximate surface area is 113 Å². The molecule has 106 valence electrons. The van der Waals surface area contributed by atoms with Crippen LogP contribution in [0.15, 0.2) is 24.3 Å². The average molecular weight is 283 g/mol. The number of carbonyl (C=O) groups excluding carboxylic acids is 1. The molecule has 0 saturated carbocycles.